The summed E-state index contributed by atoms with van der Waals surface area (Å²) in [6, 6.07) is -0.235. The van der Waals surface area contributed by atoms with E-state index in [0.29, 0.717) is 44.8 Å². The molecule has 0 spiro atoms. The van der Waals surface area contributed by atoms with Crippen molar-refractivity contribution in [2.75, 3.05) is 31.6 Å². The van der Waals surface area contributed by atoms with Crippen LogP contribution in [0.4, 0.5) is 10.5 Å². The Labute approximate surface area is 141 Å². The Morgan fingerprint density at radius 3 is 2.71 bits per heavy atom. The van der Waals surface area contributed by atoms with Crippen LogP contribution in [0.25, 0.3) is 0 Å². The first kappa shape index (κ1) is 16.7. The van der Waals surface area contributed by atoms with E-state index in [-0.39, 0.29) is 31.2 Å². The number of nitrogens with one attached hydrogen (secondary N) is 3. The smallest absolute Gasteiger partial charge is 0.322 e. The summed E-state index contributed by atoms with van der Waals surface area (Å²) in [7, 11) is 0. The quantitative estimate of drug-likeness (QED) is 0.641. The number of H-pyrrole nitrogens is 1. The van der Waals surface area contributed by atoms with E-state index in [4.69, 9.17) is 4.74 Å². The molecule has 9 nitrogen and oxygen atoms in total. The van der Waals surface area contributed by atoms with Crippen LogP contribution in [0.3, 0.4) is 0 Å². The van der Waals surface area contributed by atoms with E-state index in [9.17, 15) is 14.7 Å². The van der Waals surface area contributed by atoms with Crippen LogP contribution in [-0.4, -0.2) is 70.6 Å². The van der Waals surface area contributed by atoms with Crippen molar-refractivity contribution in [3.63, 3.8) is 0 Å². The first-order chi connectivity index (χ1) is 11.6. The van der Waals surface area contributed by atoms with E-state index in [1.54, 1.807) is 4.90 Å². The molecule has 0 unspecified atom stereocenters. The summed E-state index contributed by atoms with van der Waals surface area (Å²) in [6.45, 7) is 2.07. The number of urea groups is 1. The lowest BCUT2D eigenvalue weighted by Crippen LogP contribution is -2.43. The zero-order chi connectivity index (χ0) is 16.9. The Hall–Kier alpha value is -2.13. The van der Waals surface area contributed by atoms with Crippen molar-refractivity contribution in [3.8, 4) is 0 Å². The number of ether oxygens (including phenoxy) is 1. The highest BCUT2D eigenvalue weighted by Crippen LogP contribution is 2.20. The summed E-state index contributed by atoms with van der Waals surface area (Å²) in [4.78, 5) is 26.3. The third kappa shape index (κ3) is 4.04. The number of carbonyl (C=O) groups excluding carboxylic acids is 2. The Morgan fingerprint density at radius 2 is 2.00 bits per heavy atom. The molecule has 134 valence electrons. The minimum atomic E-state index is -0.300. The van der Waals surface area contributed by atoms with Gasteiger partial charge in [-0.2, -0.15) is 5.10 Å². The van der Waals surface area contributed by atoms with E-state index in [0.717, 1.165) is 12.8 Å². The van der Waals surface area contributed by atoms with Crippen molar-refractivity contribution in [2.24, 2.45) is 0 Å². The molecular formula is C15H25N5O4. The molecule has 4 N–H and O–H groups in total. The number of rotatable bonds is 3. The predicted octanol–water partition coefficient (Wildman–Crippen LogP) is 0.553. The minimum absolute atomic E-state index is 0. The molecule has 0 radical (unpaired) electrons. The van der Waals surface area contributed by atoms with Gasteiger partial charge in [0.2, 0.25) is 0 Å². The Bertz CT molecular complexity index is 582. The van der Waals surface area contributed by atoms with E-state index in [1.807, 2.05) is 0 Å². The summed E-state index contributed by atoms with van der Waals surface area (Å²) in [6.07, 6.45) is 4.03. The number of hydrogen-bond acceptors (Lipinski definition) is 5. The van der Waals surface area contributed by atoms with Gasteiger partial charge in [-0.15, -0.1) is 0 Å². The Morgan fingerprint density at radius 1 is 1.29 bits per heavy atom. The van der Waals surface area contributed by atoms with Gasteiger partial charge >= 0.3 is 6.03 Å². The van der Waals surface area contributed by atoms with Gasteiger partial charge in [-0.3, -0.25) is 9.89 Å². The highest BCUT2D eigenvalue weighted by Gasteiger charge is 2.24. The topological polar surface area (TPSA) is 120 Å². The lowest BCUT2D eigenvalue weighted by Gasteiger charge is -2.27. The van der Waals surface area contributed by atoms with Crippen LogP contribution in [0, 0.1) is 0 Å². The van der Waals surface area contributed by atoms with Crippen molar-refractivity contribution < 1.29 is 20.9 Å². The van der Waals surface area contributed by atoms with Crippen molar-refractivity contribution in [1.29, 1.82) is 0 Å². The summed E-state index contributed by atoms with van der Waals surface area (Å²) in [5.74, 6) is -0.300. The molecule has 9 heteroatoms. The van der Waals surface area contributed by atoms with Crippen molar-refractivity contribution >= 4 is 17.6 Å². The van der Waals surface area contributed by atoms with Gasteiger partial charge in [-0.1, -0.05) is 0 Å². The lowest BCUT2D eigenvalue weighted by molar-refractivity contribution is 0.0564. The van der Waals surface area contributed by atoms with Crippen LogP contribution in [0.2, 0.25) is 0 Å². The third-order valence-electron chi connectivity index (χ3n) is 4.44. The van der Waals surface area contributed by atoms with Gasteiger partial charge in [0.15, 0.2) is 0 Å². The fourth-order valence-corrected chi connectivity index (χ4v) is 2.99. The van der Waals surface area contributed by atoms with Gasteiger partial charge in [0.1, 0.15) is 5.69 Å². The van der Waals surface area contributed by atoms with Gasteiger partial charge in [0.05, 0.1) is 31.2 Å². The fourth-order valence-electron chi connectivity index (χ4n) is 2.99. The number of carbonyl (C=O) groups is 2. The molecule has 0 bridgehead atoms. The number of amides is 3. The summed E-state index contributed by atoms with van der Waals surface area (Å²) in [5.41, 5.74) is 0.600. The molecule has 1 saturated carbocycles. The summed E-state index contributed by atoms with van der Waals surface area (Å²) in [5, 5.41) is 21.7. The zero-order valence-corrected chi connectivity index (χ0v) is 13.5. The Balaban J connectivity index is 0.00000225. The largest absolute Gasteiger partial charge is 0.393 e. The van der Waals surface area contributed by atoms with Gasteiger partial charge in [0.25, 0.3) is 5.91 Å². The molecule has 1 saturated heterocycles. The van der Waals surface area contributed by atoms with Crippen LogP contribution >= 0.6 is 0 Å². The molecule has 1 aliphatic heterocycles. The van der Waals surface area contributed by atoms with Crippen molar-refractivity contribution in [3.05, 3.63) is 11.9 Å². The van der Waals surface area contributed by atoms with Crippen LogP contribution in [0.5, 0.6) is 0 Å². The number of morpholine rings is 1. The molecule has 2 aliphatic rings. The summed E-state index contributed by atoms with van der Waals surface area (Å²) >= 11 is 0. The molecule has 3 rings (SSSR count). The maximum atomic E-state index is 12.4. The second kappa shape index (κ2) is 7.63. The third-order valence-corrected chi connectivity index (χ3v) is 4.44. The number of aliphatic hydroxyl groups excluding tert-OH is 1. The van der Waals surface area contributed by atoms with Crippen LogP contribution in [0.1, 0.15) is 37.6 Å². The molecule has 1 aliphatic carbocycles. The zero-order valence-electron chi connectivity index (χ0n) is 13.5. The summed E-state index contributed by atoms with van der Waals surface area (Å²) < 4.78 is 5.22. The number of aliphatic hydroxyl groups is 1. The fraction of sp³-hybridized carbons (Fsp3) is 0.667. The highest BCUT2D eigenvalue weighted by molar-refractivity contribution is 6.01. The molecule has 1 aromatic heterocycles. The molecule has 0 aromatic carbocycles. The standard InChI is InChI=1S/C15H23N5O4.H2/c21-11-3-1-10(2-4-11)17-14(22)13-12(9-16-19-13)18-15(23)20-5-7-24-8-6-20;/h9-11,21H,1-8H2,(H,16,19)(H,17,22)(H,18,23);1H. The number of nitrogens with zero attached hydrogens (tertiary/aromatic N) is 2. The van der Waals surface area contributed by atoms with E-state index < -0.39 is 0 Å². The first-order valence-electron chi connectivity index (χ1n) is 8.29. The van der Waals surface area contributed by atoms with E-state index >= 15 is 0 Å². The van der Waals surface area contributed by atoms with Crippen molar-refractivity contribution in [1.82, 2.24) is 20.4 Å². The second-order valence-corrected chi connectivity index (χ2v) is 6.17. The maximum Gasteiger partial charge on any atom is 0.322 e. The van der Waals surface area contributed by atoms with Crippen LogP contribution in [0.15, 0.2) is 6.20 Å². The number of hydrogen-bond donors (Lipinski definition) is 4. The monoisotopic (exact) mass is 339 g/mol. The van der Waals surface area contributed by atoms with E-state index in [2.05, 4.69) is 20.8 Å². The normalized spacial score (nSPS) is 24.5. The number of aromatic nitrogens is 2. The van der Waals surface area contributed by atoms with Crippen LogP contribution < -0.4 is 10.6 Å². The van der Waals surface area contributed by atoms with Crippen LogP contribution in [-0.2, 0) is 4.74 Å². The molecule has 2 fully saturated rings. The molecular weight excluding hydrogens is 314 g/mol. The molecule has 1 aromatic rings. The average molecular weight is 339 g/mol. The molecule has 3 amide bonds. The number of aromatic amines is 1. The molecule has 0 atom stereocenters. The average Bonchev–Trinajstić information content (AvgIpc) is 3.06. The molecule has 24 heavy (non-hydrogen) atoms. The van der Waals surface area contributed by atoms with Gasteiger partial charge in [0, 0.05) is 20.6 Å². The minimum Gasteiger partial charge on any atom is -0.393 e. The highest BCUT2D eigenvalue weighted by atomic mass is 16.5. The SMILES string of the molecule is O=C(NC1CCC(O)CC1)c1[nH]ncc1NC(=O)N1CCOCC1.[HH]. The van der Waals surface area contributed by atoms with Gasteiger partial charge in [-0.25, -0.2) is 4.79 Å². The van der Waals surface area contributed by atoms with Gasteiger partial charge in [-0.05, 0) is 25.7 Å². The van der Waals surface area contributed by atoms with E-state index in [1.165, 1.54) is 6.20 Å². The molecule has 2 heterocycles. The maximum absolute atomic E-state index is 12.4. The van der Waals surface area contributed by atoms with Crippen molar-refractivity contribution in [2.45, 2.75) is 37.8 Å². The first-order valence-corrected chi connectivity index (χ1v) is 8.29. The predicted molar refractivity (Wildman–Crippen MR) is 87.8 cm³/mol. The lowest BCUT2D eigenvalue weighted by atomic mass is 9.93. The second-order valence-electron chi connectivity index (χ2n) is 6.17. The van der Waals surface area contributed by atoms with Gasteiger partial charge < -0.3 is 25.4 Å². The Kier molecular flexibility index (Phi) is 5.31. The number of anilines is 1.